The molecule has 0 saturated heterocycles. The number of fused-ring (bicyclic) bond motifs is 2. The smallest absolute Gasteiger partial charge is 1.00 e. The number of halogens is 2. The molecule has 0 fully saturated rings. The molecule has 2 atom stereocenters. The number of rotatable bonds is 2. The Morgan fingerprint density at radius 1 is 0.682 bits per heavy atom. The summed E-state index contributed by atoms with van der Waals surface area (Å²) in [4.78, 5) is 0. The molecule has 2 unspecified atom stereocenters. The van der Waals surface area contributed by atoms with Crippen LogP contribution in [0.3, 0.4) is 0 Å². The summed E-state index contributed by atoms with van der Waals surface area (Å²) in [6.07, 6.45) is 9.41. The third-order valence-electron chi connectivity index (χ3n) is 4.40. The van der Waals surface area contributed by atoms with E-state index in [1.54, 1.807) is 0 Å². The molecule has 3 heteroatoms. The molecular weight excluding hydrogens is 445 g/mol. The summed E-state index contributed by atoms with van der Waals surface area (Å²) in [5.74, 6) is 0. The molecule has 110 valence electrons. The molecule has 0 bridgehead atoms. The van der Waals surface area contributed by atoms with Gasteiger partial charge in [0.15, 0.2) is 0 Å². The number of hydrogen-bond donors (Lipinski definition) is 0. The fourth-order valence-corrected chi connectivity index (χ4v) is 12.0. The maximum Gasteiger partial charge on any atom is -1.00 e. The van der Waals surface area contributed by atoms with Gasteiger partial charge in [-0.05, 0) is 0 Å². The molecule has 0 nitrogen and oxygen atoms in total. The van der Waals surface area contributed by atoms with Crippen molar-refractivity contribution >= 4 is 16.4 Å². The van der Waals surface area contributed by atoms with Crippen molar-refractivity contribution in [2.75, 3.05) is 0 Å². The van der Waals surface area contributed by atoms with Gasteiger partial charge in [-0.1, -0.05) is 0 Å². The van der Waals surface area contributed by atoms with Crippen LogP contribution in [0.5, 0.6) is 0 Å². The van der Waals surface area contributed by atoms with Crippen LogP contribution in [-0.2, 0) is 21.0 Å². The first-order chi connectivity index (χ1) is 9.84. The molecular formula is C19H16F2Hf. The van der Waals surface area contributed by atoms with Crippen LogP contribution in [0.1, 0.15) is 29.6 Å². The van der Waals surface area contributed by atoms with Crippen molar-refractivity contribution in [1.29, 1.82) is 0 Å². The van der Waals surface area contributed by atoms with Gasteiger partial charge in [0.25, 0.3) is 0 Å². The molecule has 22 heavy (non-hydrogen) atoms. The minimum absolute atomic E-state index is 0. The minimum Gasteiger partial charge on any atom is -1.00 e. The molecule has 4 rings (SSSR count). The molecule has 0 aliphatic heterocycles. The second kappa shape index (κ2) is 6.74. The summed E-state index contributed by atoms with van der Waals surface area (Å²) in [7, 11) is 0. The quantitative estimate of drug-likeness (QED) is 0.483. The first-order valence-electron chi connectivity index (χ1n) is 7.07. The van der Waals surface area contributed by atoms with E-state index in [1.807, 2.05) is 0 Å². The molecule has 0 aromatic heterocycles. The van der Waals surface area contributed by atoms with Gasteiger partial charge in [0.1, 0.15) is 0 Å². The van der Waals surface area contributed by atoms with Crippen LogP contribution in [0.2, 0.25) is 0 Å². The molecule has 2 aliphatic rings. The Kier molecular flexibility index (Phi) is 5.17. The summed E-state index contributed by atoms with van der Waals surface area (Å²) in [5, 5.41) is 0. The Morgan fingerprint density at radius 2 is 1.09 bits per heavy atom. The first-order valence-corrected chi connectivity index (χ1v) is 13.8. The largest absolute Gasteiger partial charge is 1.00 e. The standard InChI is InChI=1S/2C9H7.CH2.2FH.Hf/c2*1-2-5-9-7-3-6-8(9)4-1;;;;/h2*1-7H;1H2;2*1H;/q;;;;;+2/p-2. The predicted molar refractivity (Wildman–Crippen MR) is 83.6 cm³/mol. The Morgan fingerprint density at radius 3 is 1.55 bits per heavy atom. The van der Waals surface area contributed by atoms with Gasteiger partial charge in [0, 0.05) is 0 Å². The molecule has 0 saturated carbocycles. The van der Waals surface area contributed by atoms with Crippen LogP contribution < -0.4 is 9.41 Å². The van der Waals surface area contributed by atoms with Crippen molar-refractivity contribution in [3.8, 4) is 0 Å². The molecule has 0 heterocycles. The van der Waals surface area contributed by atoms with Crippen molar-refractivity contribution in [2.45, 2.75) is 7.35 Å². The van der Waals surface area contributed by atoms with Gasteiger partial charge in [0.05, 0.1) is 0 Å². The molecule has 0 radical (unpaired) electrons. The molecule has 2 aliphatic carbocycles. The first kappa shape index (κ1) is 16.9. The van der Waals surface area contributed by atoms with E-state index in [4.69, 9.17) is 4.26 Å². The zero-order valence-electron chi connectivity index (χ0n) is 12.0. The van der Waals surface area contributed by atoms with Crippen LogP contribution in [0.25, 0.3) is 12.2 Å². The fourth-order valence-electron chi connectivity index (χ4n) is 3.34. The number of hydrogen-bond acceptors (Lipinski definition) is 0. The Labute approximate surface area is 136 Å². The van der Waals surface area contributed by atoms with Crippen LogP contribution in [-0.4, -0.2) is 4.26 Å². The van der Waals surface area contributed by atoms with E-state index < -0.39 is 21.0 Å². The molecule has 0 spiro atoms. The van der Waals surface area contributed by atoms with E-state index >= 15 is 0 Å². The van der Waals surface area contributed by atoms with E-state index in [1.165, 1.54) is 22.3 Å². The third-order valence-corrected chi connectivity index (χ3v) is 13.8. The van der Waals surface area contributed by atoms with Crippen LogP contribution in [0, 0.1) is 0 Å². The van der Waals surface area contributed by atoms with E-state index in [9.17, 15) is 0 Å². The second-order valence-electron chi connectivity index (χ2n) is 5.51. The predicted octanol–water partition coefficient (Wildman–Crippen LogP) is -1.42. The Hall–Kier alpha value is -1.48. The van der Waals surface area contributed by atoms with E-state index in [2.05, 4.69) is 72.8 Å². The van der Waals surface area contributed by atoms with Gasteiger partial charge in [-0.15, -0.1) is 0 Å². The molecule has 2 aromatic rings. The zero-order chi connectivity index (χ0) is 13.5. The summed E-state index contributed by atoms with van der Waals surface area (Å²) < 4.78 is 5.98. The van der Waals surface area contributed by atoms with Gasteiger partial charge < -0.3 is 9.41 Å². The molecule has 2 aromatic carbocycles. The summed E-state index contributed by atoms with van der Waals surface area (Å²) in [6.45, 7) is 0. The van der Waals surface area contributed by atoms with Crippen LogP contribution in [0.4, 0.5) is 0 Å². The normalized spacial score (nSPS) is 19.4. The van der Waals surface area contributed by atoms with E-state index in [0.29, 0.717) is 7.35 Å². The van der Waals surface area contributed by atoms with Gasteiger partial charge in [-0.2, -0.15) is 0 Å². The summed E-state index contributed by atoms with van der Waals surface area (Å²) >= 11 is -2.03. The SMILES string of the molecule is [CH2]=[Hf+2]([CH]1C=Cc2ccccc21)[CH]1C=Cc2ccccc21.[F-].[F-]. The van der Waals surface area contributed by atoms with Crippen LogP contribution >= 0.6 is 0 Å². The van der Waals surface area contributed by atoms with Crippen molar-refractivity contribution < 1.29 is 30.4 Å². The Balaban J connectivity index is 0.000000882. The van der Waals surface area contributed by atoms with Crippen molar-refractivity contribution in [3.05, 3.63) is 82.9 Å². The number of allylic oxidation sites excluding steroid dienone is 2. The van der Waals surface area contributed by atoms with Crippen LogP contribution in [0.15, 0.2) is 60.7 Å². The van der Waals surface area contributed by atoms with Crippen molar-refractivity contribution in [2.24, 2.45) is 0 Å². The van der Waals surface area contributed by atoms with Gasteiger partial charge in [-0.3, -0.25) is 0 Å². The van der Waals surface area contributed by atoms with Gasteiger partial charge >= 0.3 is 128 Å². The summed E-state index contributed by atoms with van der Waals surface area (Å²) in [5.41, 5.74) is 5.84. The minimum atomic E-state index is -2.03. The van der Waals surface area contributed by atoms with Gasteiger partial charge in [0.2, 0.25) is 0 Å². The molecule has 0 N–H and O–H groups in total. The van der Waals surface area contributed by atoms with Crippen molar-refractivity contribution in [1.82, 2.24) is 0 Å². The molecule has 0 amide bonds. The maximum atomic E-state index is 4.71. The number of benzene rings is 2. The van der Waals surface area contributed by atoms with Crippen molar-refractivity contribution in [3.63, 3.8) is 0 Å². The second-order valence-corrected chi connectivity index (χ2v) is 14.1. The van der Waals surface area contributed by atoms with E-state index in [-0.39, 0.29) is 9.41 Å². The summed E-state index contributed by atoms with van der Waals surface area (Å²) in [6, 6.07) is 17.6. The average Bonchev–Trinajstić information content (AvgIpc) is 3.11. The average molecular weight is 461 g/mol. The Bertz CT molecular complexity index is 698. The third kappa shape index (κ3) is 2.63. The van der Waals surface area contributed by atoms with Gasteiger partial charge in [-0.25, -0.2) is 0 Å². The maximum absolute atomic E-state index is 4.71. The fraction of sp³-hybridized carbons (Fsp3) is 0.105. The monoisotopic (exact) mass is 462 g/mol. The van der Waals surface area contributed by atoms with E-state index in [0.717, 1.165) is 0 Å². The topological polar surface area (TPSA) is 0 Å². The zero-order valence-corrected chi connectivity index (χ0v) is 15.6.